The van der Waals surface area contributed by atoms with E-state index in [4.69, 9.17) is 5.26 Å². The first-order valence-corrected chi connectivity index (χ1v) is 5.09. The van der Waals surface area contributed by atoms with Gasteiger partial charge in [-0.3, -0.25) is 9.78 Å². The topological polar surface area (TPSA) is 57.0 Å². The summed E-state index contributed by atoms with van der Waals surface area (Å²) < 4.78 is 0. The van der Waals surface area contributed by atoms with Crippen LogP contribution in [0.1, 0.15) is 12.1 Å². The fourth-order valence-electron chi connectivity index (χ4n) is 1.81. The van der Waals surface area contributed by atoms with Crippen molar-refractivity contribution < 1.29 is 4.79 Å². The number of carbonyl (C=O) groups is 1. The molecule has 0 fully saturated rings. The molecule has 2 rings (SSSR count). The van der Waals surface area contributed by atoms with Crippen LogP contribution in [0.2, 0.25) is 0 Å². The van der Waals surface area contributed by atoms with Gasteiger partial charge in [-0.15, -0.1) is 0 Å². The van der Waals surface area contributed by atoms with E-state index < -0.39 is 0 Å². The van der Waals surface area contributed by atoms with Gasteiger partial charge in [0.2, 0.25) is 0 Å². The number of nitrogens with zero attached hydrogens (tertiary/aromatic N) is 3. The molecule has 0 atom stereocenters. The van der Waals surface area contributed by atoms with Crippen LogP contribution < -0.4 is 4.90 Å². The van der Waals surface area contributed by atoms with Crippen molar-refractivity contribution in [1.29, 1.82) is 5.26 Å². The largest absolute Gasteiger partial charge is 0.306 e. The van der Waals surface area contributed by atoms with E-state index in [2.05, 4.69) is 11.6 Å². The lowest BCUT2D eigenvalue weighted by Crippen LogP contribution is -2.36. The zero-order valence-electron chi connectivity index (χ0n) is 8.81. The smallest absolute Gasteiger partial charge is 0.268 e. The zero-order valence-corrected chi connectivity index (χ0v) is 8.81. The van der Waals surface area contributed by atoms with Gasteiger partial charge >= 0.3 is 0 Å². The van der Waals surface area contributed by atoms with E-state index in [0.717, 1.165) is 24.2 Å². The van der Waals surface area contributed by atoms with Crippen LogP contribution in [0.4, 0.5) is 5.69 Å². The second kappa shape index (κ2) is 4.15. The summed E-state index contributed by atoms with van der Waals surface area (Å²) >= 11 is 0. The van der Waals surface area contributed by atoms with Gasteiger partial charge in [0.05, 0.1) is 11.4 Å². The maximum atomic E-state index is 11.9. The molecule has 1 aliphatic heterocycles. The number of nitriles is 1. The number of aromatic nitrogens is 1. The van der Waals surface area contributed by atoms with Gasteiger partial charge in [0.1, 0.15) is 11.6 Å². The lowest BCUT2D eigenvalue weighted by Gasteiger charge is -2.28. The Hall–Kier alpha value is -2.15. The summed E-state index contributed by atoms with van der Waals surface area (Å²) in [6.07, 6.45) is 3.46. The summed E-state index contributed by atoms with van der Waals surface area (Å²) in [6.45, 7) is 4.07. The van der Waals surface area contributed by atoms with Crippen LogP contribution >= 0.6 is 0 Å². The molecule has 0 radical (unpaired) electrons. The van der Waals surface area contributed by atoms with Crippen molar-refractivity contribution in [2.75, 3.05) is 11.4 Å². The zero-order chi connectivity index (χ0) is 11.5. The highest BCUT2D eigenvalue weighted by atomic mass is 16.2. The number of hydrogen-bond acceptors (Lipinski definition) is 3. The number of hydrogen-bond donors (Lipinski definition) is 0. The molecule has 0 saturated heterocycles. The molecule has 1 aliphatic rings. The van der Waals surface area contributed by atoms with E-state index in [-0.39, 0.29) is 11.5 Å². The molecule has 4 heteroatoms. The Labute approximate surface area is 93.8 Å². The standard InChI is InChI=1S/C12H11N3O/c1-9(8-13)12(16)15-7-3-4-10-11(15)5-2-6-14-10/h2,5-6H,1,3-4,7H2. The van der Waals surface area contributed by atoms with Gasteiger partial charge in [0, 0.05) is 12.7 Å². The van der Waals surface area contributed by atoms with E-state index in [9.17, 15) is 4.79 Å². The summed E-state index contributed by atoms with van der Waals surface area (Å²) in [6, 6.07) is 5.43. The molecule has 1 aromatic rings. The average molecular weight is 213 g/mol. The van der Waals surface area contributed by atoms with Gasteiger partial charge in [0.25, 0.3) is 5.91 Å². The van der Waals surface area contributed by atoms with Crippen LogP contribution in [0.5, 0.6) is 0 Å². The van der Waals surface area contributed by atoms with Gasteiger partial charge in [-0.1, -0.05) is 6.58 Å². The van der Waals surface area contributed by atoms with E-state index in [1.54, 1.807) is 23.2 Å². The minimum absolute atomic E-state index is 0.0308. The van der Waals surface area contributed by atoms with Crippen molar-refractivity contribution in [1.82, 2.24) is 4.98 Å². The van der Waals surface area contributed by atoms with Crippen LogP contribution in [0.3, 0.4) is 0 Å². The van der Waals surface area contributed by atoms with Gasteiger partial charge < -0.3 is 4.90 Å². The van der Waals surface area contributed by atoms with E-state index >= 15 is 0 Å². The van der Waals surface area contributed by atoms with E-state index in [1.807, 2.05) is 6.07 Å². The maximum Gasteiger partial charge on any atom is 0.268 e. The summed E-state index contributed by atoms with van der Waals surface area (Å²) in [7, 11) is 0. The second-order valence-corrected chi connectivity index (χ2v) is 3.62. The Balaban J connectivity index is 2.36. The van der Waals surface area contributed by atoms with Crippen LogP contribution in [0, 0.1) is 11.3 Å². The minimum Gasteiger partial charge on any atom is -0.306 e. The number of anilines is 1. The molecule has 1 amide bonds. The highest BCUT2D eigenvalue weighted by molar-refractivity contribution is 6.08. The normalized spacial score (nSPS) is 13.8. The second-order valence-electron chi connectivity index (χ2n) is 3.62. The molecule has 2 heterocycles. The monoisotopic (exact) mass is 213 g/mol. The van der Waals surface area contributed by atoms with Crippen molar-refractivity contribution in [3.05, 3.63) is 36.2 Å². The van der Waals surface area contributed by atoms with Crippen LogP contribution in [-0.4, -0.2) is 17.4 Å². The fraction of sp³-hybridized carbons (Fsp3) is 0.250. The number of fused-ring (bicyclic) bond motifs is 1. The molecule has 0 spiro atoms. The minimum atomic E-state index is -0.323. The Kier molecular flexibility index (Phi) is 2.69. The molecular weight excluding hydrogens is 202 g/mol. The molecule has 0 saturated carbocycles. The van der Waals surface area contributed by atoms with Crippen LogP contribution in [0.25, 0.3) is 0 Å². The summed E-state index contributed by atoms with van der Waals surface area (Å²) in [5.41, 5.74) is 1.68. The Morgan fingerprint density at radius 2 is 2.44 bits per heavy atom. The van der Waals surface area contributed by atoms with Gasteiger partial charge in [-0.25, -0.2) is 0 Å². The number of rotatable bonds is 1. The average Bonchev–Trinajstić information content (AvgIpc) is 2.36. The molecular formula is C12H11N3O. The first-order valence-electron chi connectivity index (χ1n) is 5.09. The molecule has 0 N–H and O–H groups in total. The van der Waals surface area contributed by atoms with Crippen LogP contribution in [-0.2, 0) is 11.2 Å². The molecule has 80 valence electrons. The number of carbonyl (C=O) groups excluding carboxylic acids is 1. The Bertz CT molecular complexity index is 487. The van der Waals surface area contributed by atoms with E-state index in [1.165, 1.54) is 0 Å². The molecule has 16 heavy (non-hydrogen) atoms. The first-order chi connectivity index (χ1) is 7.74. The van der Waals surface area contributed by atoms with Gasteiger partial charge in [-0.2, -0.15) is 5.26 Å². The maximum absolute atomic E-state index is 11.9. The molecule has 0 aromatic carbocycles. The predicted octanol–water partition coefficient (Wildman–Crippen LogP) is 1.44. The number of aryl methyl sites for hydroxylation is 1. The SMILES string of the molecule is C=C(C#N)C(=O)N1CCCc2ncccc21. The molecule has 0 unspecified atom stereocenters. The fourth-order valence-corrected chi connectivity index (χ4v) is 1.81. The lowest BCUT2D eigenvalue weighted by atomic mass is 10.1. The quantitative estimate of drug-likeness (QED) is 0.524. The van der Waals surface area contributed by atoms with Crippen LogP contribution in [0.15, 0.2) is 30.5 Å². The van der Waals surface area contributed by atoms with Gasteiger partial charge in [0.15, 0.2) is 0 Å². The van der Waals surface area contributed by atoms with Crippen molar-refractivity contribution in [3.8, 4) is 6.07 Å². The van der Waals surface area contributed by atoms with E-state index in [0.29, 0.717) is 6.54 Å². The molecule has 1 aromatic heterocycles. The third-order valence-electron chi connectivity index (χ3n) is 2.59. The van der Waals surface area contributed by atoms with Gasteiger partial charge in [-0.05, 0) is 25.0 Å². The van der Waals surface area contributed by atoms with Crippen molar-refractivity contribution in [2.45, 2.75) is 12.8 Å². The first kappa shape index (κ1) is 10.4. The Morgan fingerprint density at radius 1 is 1.62 bits per heavy atom. The highest BCUT2D eigenvalue weighted by Gasteiger charge is 2.24. The number of pyridine rings is 1. The Morgan fingerprint density at radius 3 is 3.19 bits per heavy atom. The highest BCUT2D eigenvalue weighted by Crippen LogP contribution is 2.25. The predicted molar refractivity (Wildman–Crippen MR) is 59.7 cm³/mol. The van der Waals surface area contributed by atoms with Crippen molar-refractivity contribution >= 4 is 11.6 Å². The molecule has 0 aliphatic carbocycles. The number of amides is 1. The summed E-state index contributed by atoms with van der Waals surface area (Å²) in [5.74, 6) is -0.323. The van der Waals surface area contributed by atoms with Crippen molar-refractivity contribution in [2.24, 2.45) is 0 Å². The molecule has 0 bridgehead atoms. The molecule has 4 nitrogen and oxygen atoms in total. The third kappa shape index (κ3) is 1.68. The van der Waals surface area contributed by atoms with Crippen molar-refractivity contribution in [3.63, 3.8) is 0 Å². The summed E-state index contributed by atoms with van der Waals surface area (Å²) in [4.78, 5) is 17.7. The summed E-state index contributed by atoms with van der Waals surface area (Å²) in [5, 5.41) is 8.67. The third-order valence-corrected chi connectivity index (χ3v) is 2.59. The lowest BCUT2D eigenvalue weighted by molar-refractivity contribution is -0.114.